The van der Waals surface area contributed by atoms with Gasteiger partial charge in [0.2, 0.25) is 5.75 Å². The maximum absolute atomic E-state index is 11.1. The van der Waals surface area contributed by atoms with Gasteiger partial charge < -0.3 is 9.47 Å². The zero-order valence-electron chi connectivity index (χ0n) is 9.31. The lowest BCUT2D eigenvalue weighted by molar-refractivity contribution is -0.385. The molecule has 0 aliphatic carbocycles. The SMILES string of the molecule is CCOC(=O)COc1c(Br)cc(Cl)cc1[N+](=O)[O-]. The van der Waals surface area contributed by atoms with E-state index in [0.29, 0.717) is 4.47 Å². The molecule has 0 bridgehead atoms. The van der Waals surface area contributed by atoms with Crippen molar-refractivity contribution in [3.8, 4) is 5.75 Å². The predicted molar refractivity (Wildman–Crippen MR) is 67.9 cm³/mol. The fourth-order valence-corrected chi connectivity index (χ4v) is 2.07. The van der Waals surface area contributed by atoms with Crippen molar-refractivity contribution >= 4 is 39.2 Å². The lowest BCUT2D eigenvalue weighted by atomic mass is 10.3. The van der Waals surface area contributed by atoms with Gasteiger partial charge in [-0.1, -0.05) is 11.6 Å². The third-order valence-corrected chi connectivity index (χ3v) is 2.63. The summed E-state index contributed by atoms with van der Waals surface area (Å²) >= 11 is 8.79. The molecule has 1 aromatic rings. The van der Waals surface area contributed by atoms with E-state index in [1.165, 1.54) is 6.07 Å². The van der Waals surface area contributed by atoms with Crippen LogP contribution in [-0.2, 0) is 9.53 Å². The van der Waals surface area contributed by atoms with E-state index in [9.17, 15) is 14.9 Å². The van der Waals surface area contributed by atoms with Crippen LogP contribution in [0.25, 0.3) is 0 Å². The minimum Gasteiger partial charge on any atom is -0.474 e. The van der Waals surface area contributed by atoms with Gasteiger partial charge in [0.25, 0.3) is 0 Å². The average molecular weight is 339 g/mol. The molecule has 1 rings (SSSR count). The summed E-state index contributed by atoms with van der Waals surface area (Å²) in [6.07, 6.45) is 0. The molecule has 18 heavy (non-hydrogen) atoms. The number of hydrogen-bond acceptors (Lipinski definition) is 5. The van der Waals surface area contributed by atoms with Crippen LogP contribution in [0.2, 0.25) is 5.02 Å². The van der Waals surface area contributed by atoms with Crippen molar-refractivity contribution < 1.29 is 19.2 Å². The summed E-state index contributed by atoms with van der Waals surface area (Å²) in [5, 5.41) is 11.0. The van der Waals surface area contributed by atoms with Crippen LogP contribution < -0.4 is 4.74 Å². The summed E-state index contributed by atoms with van der Waals surface area (Å²) < 4.78 is 10.0. The third-order valence-electron chi connectivity index (χ3n) is 1.83. The number of carbonyl (C=O) groups is 1. The molecule has 0 radical (unpaired) electrons. The van der Waals surface area contributed by atoms with E-state index in [2.05, 4.69) is 20.7 Å². The highest BCUT2D eigenvalue weighted by Crippen LogP contribution is 2.37. The first-order valence-electron chi connectivity index (χ1n) is 4.87. The molecule has 8 heteroatoms. The topological polar surface area (TPSA) is 78.7 Å². The smallest absolute Gasteiger partial charge is 0.344 e. The van der Waals surface area contributed by atoms with Crippen molar-refractivity contribution in [2.24, 2.45) is 0 Å². The van der Waals surface area contributed by atoms with Gasteiger partial charge in [0, 0.05) is 11.1 Å². The Morgan fingerprint density at radius 1 is 1.56 bits per heavy atom. The molecule has 0 N–H and O–H groups in total. The van der Waals surface area contributed by atoms with Gasteiger partial charge in [-0.3, -0.25) is 10.1 Å². The van der Waals surface area contributed by atoms with Crippen LogP contribution in [0.15, 0.2) is 16.6 Å². The third kappa shape index (κ3) is 3.85. The van der Waals surface area contributed by atoms with Gasteiger partial charge in [-0.15, -0.1) is 0 Å². The van der Waals surface area contributed by atoms with Crippen LogP contribution >= 0.6 is 27.5 Å². The molecule has 0 saturated heterocycles. The number of nitro benzene ring substituents is 1. The van der Waals surface area contributed by atoms with Crippen molar-refractivity contribution in [1.82, 2.24) is 0 Å². The molecule has 6 nitrogen and oxygen atoms in total. The number of ether oxygens (including phenoxy) is 2. The maximum Gasteiger partial charge on any atom is 0.344 e. The van der Waals surface area contributed by atoms with Crippen LogP contribution in [0.5, 0.6) is 5.75 Å². The molecule has 0 fully saturated rings. The van der Waals surface area contributed by atoms with Crippen molar-refractivity contribution in [2.45, 2.75) is 6.92 Å². The molecule has 1 aromatic carbocycles. The van der Waals surface area contributed by atoms with Gasteiger partial charge in [-0.25, -0.2) is 4.79 Å². The Morgan fingerprint density at radius 3 is 2.78 bits per heavy atom. The number of halogens is 2. The fraction of sp³-hybridized carbons (Fsp3) is 0.300. The molecule has 0 amide bonds. The molecule has 0 aromatic heterocycles. The van der Waals surface area contributed by atoms with Crippen LogP contribution in [0, 0.1) is 10.1 Å². The van der Waals surface area contributed by atoms with E-state index < -0.39 is 17.5 Å². The number of esters is 1. The monoisotopic (exact) mass is 337 g/mol. The van der Waals surface area contributed by atoms with Gasteiger partial charge in [0.15, 0.2) is 6.61 Å². The molecule has 0 saturated carbocycles. The molecule has 98 valence electrons. The summed E-state index contributed by atoms with van der Waals surface area (Å²) in [5.74, 6) is -0.661. The van der Waals surface area contributed by atoms with E-state index in [0.717, 1.165) is 6.07 Å². The lowest BCUT2D eigenvalue weighted by Gasteiger charge is -2.08. The highest BCUT2D eigenvalue weighted by molar-refractivity contribution is 9.10. The maximum atomic E-state index is 11.1. The largest absolute Gasteiger partial charge is 0.474 e. The van der Waals surface area contributed by atoms with Crippen molar-refractivity contribution in [3.63, 3.8) is 0 Å². The Hall–Kier alpha value is -1.34. The summed E-state index contributed by atoms with van der Waals surface area (Å²) in [6, 6.07) is 2.59. The number of benzene rings is 1. The number of hydrogen-bond donors (Lipinski definition) is 0. The number of nitro groups is 1. The highest BCUT2D eigenvalue weighted by atomic mass is 79.9. The number of nitrogens with zero attached hydrogens (tertiary/aromatic N) is 1. The van der Waals surface area contributed by atoms with E-state index in [1.54, 1.807) is 6.92 Å². The first kappa shape index (κ1) is 14.7. The number of rotatable bonds is 5. The van der Waals surface area contributed by atoms with Crippen molar-refractivity contribution in [2.75, 3.05) is 13.2 Å². The van der Waals surface area contributed by atoms with E-state index in [1.807, 2.05) is 0 Å². The molecular weight excluding hydrogens is 329 g/mol. The molecule has 0 aliphatic heterocycles. The second-order valence-electron chi connectivity index (χ2n) is 3.09. The minimum atomic E-state index is -0.642. The first-order chi connectivity index (χ1) is 8.45. The molecule has 0 spiro atoms. The molecule has 0 unspecified atom stereocenters. The Kier molecular flexibility index (Phi) is 5.36. The molecule has 0 heterocycles. The van der Waals surface area contributed by atoms with Crippen LogP contribution in [0.4, 0.5) is 5.69 Å². The average Bonchev–Trinajstić information content (AvgIpc) is 2.27. The molecular formula is C10H9BrClNO5. The minimum absolute atomic E-state index is 0.0579. The summed E-state index contributed by atoms with van der Waals surface area (Å²) in [6.45, 7) is 1.46. The zero-order valence-corrected chi connectivity index (χ0v) is 11.7. The van der Waals surface area contributed by atoms with Gasteiger partial charge in [-0.05, 0) is 28.9 Å². The van der Waals surface area contributed by atoms with E-state index in [-0.39, 0.29) is 23.1 Å². The fourth-order valence-electron chi connectivity index (χ4n) is 1.16. The second kappa shape index (κ2) is 6.55. The van der Waals surface area contributed by atoms with E-state index in [4.69, 9.17) is 16.3 Å². The Bertz CT molecular complexity index is 480. The molecule has 0 aliphatic rings. The van der Waals surface area contributed by atoms with Crippen LogP contribution in [-0.4, -0.2) is 24.1 Å². The molecule has 0 atom stereocenters. The van der Waals surface area contributed by atoms with Crippen molar-refractivity contribution in [3.05, 3.63) is 31.7 Å². The Balaban J connectivity index is 2.93. The second-order valence-corrected chi connectivity index (χ2v) is 4.38. The van der Waals surface area contributed by atoms with Crippen LogP contribution in [0.1, 0.15) is 6.92 Å². The lowest BCUT2D eigenvalue weighted by Crippen LogP contribution is -2.15. The van der Waals surface area contributed by atoms with Gasteiger partial charge in [0.05, 0.1) is 16.0 Å². The Labute approximate surface area is 116 Å². The summed E-state index contributed by atoms with van der Waals surface area (Å²) in [7, 11) is 0. The normalized spacial score (nSPS) is 9.94. The van der Waals surface area contributed by atoms with Gasteiger partial charge >= 0.3 is 11.7 Å². The van der Waals surface area contributed by atoms with Crippen LogP contribution in [0.3, 0.4) is 0 Å². The number of carbonyl (C=O) groups excluding carboxylic acids is 1. The summed E-state index contributed by atoms with van der Waals surface area (Å²) in [4.78, 5) is 21.3. The summed E-state index contributed by atoms with van der Waals surface area (Å²) in [5.41, 5.74) is -0.321. The quantitative estimate of drug-likeness (QED) is 0.468. The first-order valence-corrected chi connectivity index (χ1v) is 6.04. The Morgan fingerprint density at radius 2 is 2.22 bits per heavy atom. The zero-order chi connectivity index (χ0) is 13.7. The predicted octanol–water partition coefficient (Wildman–Crippen LogP) is 2.95. The standard InChI is InChI=1S/C10H9BrClNO5/c1-2-17-9(14)5-18-10-7(11)3-6(12)4-8(10)13(15)16/h3-4H,2,5H2,1H3. The van der Waals surface area contributed by atoms with Gasteiger partial charge in [0.1, 0.15) is 0 Å². The highest BCUT2D eigenvalue weighted by Gasteiger charge is 2.21. The van der Waals surface area contributed by atoms with Gasteiger partial charge in [-0.2, -0.15) is 0 Å². The van der Waals surface area contributed by atoms with Crippen molar-refractivity contribution in [1.29, 1.82) is 0 Å². The van der Waals surface area contributed by atoms with E-state index >= 15 is 0 Å².